The zero-order chi connectivity index (χ0) is 16.4. The summed E-state index contributed by atoms with van der Waals surface area (Å²) < 4.78 is 1.75. The summed E-state index contributed by atoms with van der Waals surface area (Å²) in [6.07, 6.45) is 12.7. The van der Waals surface area contributed by atoms with E-state index < -0.39 is 10.6 Å². The molecule has 1 heterocycles. The zero-order valence-corrected chi connectivity index (χ0v) is 13.2. The molecule has 6 nitrogen and oxygen atoms in total. The van der Waals surface area contributed by atoms with Crippen molar-refractivity contribution < 1.29 is 4.92 Å². The van der Waals surface area contributed by atoms with Gasteiger partial charge in [0.25, 0.3) is 0 Å². The molecular weight excluding hydrogens is 280 g/mol. The summed E-state index contributed by atoms with van der Waals surface area (Å²) in [4.78, 5) is 14.3. The number of nitrogens with one attached hydrogen (secondary N) is 1. The van der Waals surface area contributed by atoms with Crippen molar-refractivity contribution in [3.63, 3.8) is 0 Å². The molecule has 0 aromatic carbocycles. The normalized spacial score (nSPS) is 24.4. The predicted octanol–water partition coefficient (Wildman–Crippen LogP) is 3.01. The first kappa shape index (κ1) is 16.2. The van der Waals surface area contributed by atoms with Gasteiger partial charge in [-0.2, -0.15) is 0 Å². The van der Waals surface area contributed by atoms with Crippen LogP contribution in [0.3, 0.4) is 0 Å². The van der Waals surface area contributed by atoms with E-state index >= 15 is 0 Å². The van der Waals surface area contributed by atoms with E-state index in [2.05, 4.69) is 37.7 Å². The fourth-order valence-corrected chi connectivity index (χ4v) is 2.44. The van der Waals surface area contributed by atoms with Crippen LogP contribution < -0.4 is 5.32 Å². The molecule has 1 aliphatic carbocycles. The van der Waals surface area contributed by atoms with Crippen LogP contribution in [0, 0.1) is 21.4 Å². The van der Waals surface area contributed by atoms with E-state index in [1.165, 1.54) is 12.5 Å². The lowest BCUT2D eigenvalue weighted by Crippen LogP contribution is -2.53. The molecule has 1 aromatic rings. The lowest BCUT2D eigenvalue weighted by molar-refractivity contribution is -0.389. The van der Waals surface area contributed by atoms with Gasteiger partial charge in [-0.25, -0.2) is 0 Å². The molecule has 1 N–H and O–H groups in total. The fraction of sp³-hybridized carbons (Fsp3) is 0.438. The van der Waals surface area contributed by atoms with Crippen molar-refractivity contribution in [1.82, 2.24) is 14.9 Å². The van der Waals surface area contributed by atoms with Crippen LogP contribution >= 0.6 is 0 Å². The monoisotopic (exact) mass is 302 g/mol. The van der Waals surface area contributed by atoms with Gasteiger partial charge in [0, 0.05) is 12.5 Å². The van der Waals surface area contributed by atoms with Crippen molar-refractivity contribution in [3.05, 3.63) is 59.6 Å². The molecule has 1 unspecified atom stereocenters. The topological polar surface area (TPSA) is 73.0 Å². The summed E-state index contributed by atoms with van der Waals surface area (Å²) in [6, 6.07) is 0. The van der Waals surface area contributed by atoms with Crippen LogP contribution in [0.25, 0.3) is 0 Å². The maximum absolute atomic E-state index is 10.9. The average molecular weight is 302 g/mol. The van der Waals surface area contributed by atoms with Crippen LogP contribution in [0.1, 0.15) is 20.8 Å². The molecule has 0 saturated carbocycles. The maximum Gasteiger partial charge on any atom is 0.381 e. The van der Waals surface area contributed by atoms with E-state index in [1.807, 2.05) is 30.4 Å². The van der Waals surface area contributed by atoms with E-state index in [0.717, 1.165) is 6.54 Å². The smallest absolute Gasteiger partial charge is 0.358 e. The number of nitrogens with zero attached hydrogens (tertiary/aromatic N) is 3. The van der Waals surface area contributed by atoms with E-state index in [0.29, 0.717) is 0 Å². The Bertz CT molecular complexity index is 624. The highest BCUT2D eigenvalue weighted by atomic mass is 16.6. The van der Waals surface area contributed by atoms with Gasteiger partial charge in [0.2, 0.25) is 6.33 Å². The number of rotatable bonds is 5. The second-order valence-corrected chi connectivity index (χ2v) is 6.64. The first-order valence-corrected chi connectivity index (χ1v) is 7.21. The minimum atomic E-state index is -0.634. The van der Waals surface area contributed by atoms with E-state index in [9.17, 15) is 10.1 Å². The van der Waals surface area contributed by atoms with Crippen LogP contribution in [0.2, 0.25) is 0 Å². The van der Waals surface area contributed by atoms with Gasteiger partial charge in [0.15, 0.2) is 0 Å². The van der Waals surface area contributed by atoms with Gasteiger partial charge >= 0.3 is 5.82 Å². The third-order valence-corrected chi connectivity index (χ3v) is 3.63. The molecule has 0 spiro atoms. The fourth-order valence-electron chi connectivity index (χ4n) is 2.44. The third kappa shape index (κ3) is 3.17. The number of allylic oxidation sites excluding steroid dienone is 2. The molecule has 1 aromatic heterocycles. The Morgan fingerprint density at radius 2 is 2.27 bits per heavy atom. The molecule has 2 rings (SSSR count). The lowest BCUT2D eigenvalue weighted by Gasteiger charge is -2.40. The quantitative estimate of drug-likeness (QED) is 0.515. The Balaban J connectivity index is 2.44. The SMILES string of the molecule is C=C[C@H]1C=CC=CC1(NCC(C)(C)C)n1cnc([N+](=O)[O-])c1. The Hall–Kier alpha value is -2.21. The second kappa shape index (κ2) is 5.88. The summed E-state index contributed by atoms with van der Waals surface area (Å²) >= 11 is 0. The van der Waals surface area contributed by atoms with Crippen LogP contribution in [0.4, 0.5) is 5.82 Å². The molecule has 0 saturated heterocycles. The van der Waals surface area contributed by atoms with Crippen molar-refractivity contribution in [2.75, 3.05) is 6.54 Å². The molecule has 118 valence electrons. The molecule has 0 bridgehead atoms. The van der Waals surface area contributed by atoms with Gasteiger partial charge in [0.05, 0.1) is 0 Å². The summed E-state index contributed by atoms with van der Waals surface area (Å²) in [5.74, 6) is -0.198. The molecule has 0 radical (unpaired) electrons. The Morgan fingerprint density at radius 1 is 1.55 bits per heavy atom. The standard InChI is InChI=1S/C16H22N4O2/c1-5-13-8-6-7-9-16(13,18-11-15(2,3)4)19-10-14(17-12-19)20(21)22/h5-10,12-13,18H,1,11H2,2-4H3/t13-,16?/m0/s1. The first-order chi connectivity index (χ1) is 10.3. The molecule has 0 fully saturated rings. The van der Waals surface area contributed by atoms with Crippen LogP contribution in [0.5, 0.6) is 0 Å². The Labute approximate surface area is 130 Å². The van der Waals surface area contributed by atoms with Crippen molar-refractivity contribution >= 4 is 5.82 Å². The van der Waals surface area contributed by atoms with Crippen LogP contribution in [-0.4, -0.2) is 21.0 Å². The largest absolute Gasteiger partial charge is 0.381 e. The summed E-state index contributed by atoms with van der Waals surface area (Å²) in [5, 5.41) is 14.5. The highest BCUT2D eigenvalue weighted by Crippen LogP contribution is 2.32. The molecule has 0 aliphatic heterocycles. The van der Waals surface area contributed by atoms with E-state index in [1.54, 1.807) is 4.57 Å². The predicted molar refractivity (Wildman–Crippen MR) is 86.3 cm³/mol. The van der Waals surface area contributed by atoms with Gasteiger partial charge in [-0.15, -0.1) is 6.58 Å². The van der Waals surface area contributed by atoms with Gasteiger partial charge in [-0.05, 0) is 21.4 Å². The molecule has 0 amide bonds. The minimum Gasteiger partial charge on any atom is -0.358 e. The minimum absolute atomic E-state index is 0.0337. The zero-order valence-electron chi connectivity index (χ0n) is 13.2. The third-order valence-electron chi connectivity index (χ3n) is 3.63. The summed E-state index contributed by atoms with van der Waals surface area (Å²) in [6.45, 7) is 11.0. The van der Waals surface area contributed by atoms with Crippen molar-refractivity contribution in [2.45, 2.75) is 26.4 Å². The van der Waals surface area contributed by atoms with Crippen molar-refractivity contribution in [1.29, 1.82) is 0 Å². The molecule has 1 aliphatic rings. The molecular formula is C16H22N4O2. The second-order valence-electron chi connectivity index (χ2n) is 6.64. The average Bonchev–Trinajstić information content (AvgIpc) is 2.95. The number of hydrogen-bond donors (Lipinski definition) is 1. The van der Waals surface area contributed by atoms with E-state index in [4.69, 9.17) is 0 Å². The van der Waals surface area contributed by atoms with Crippen molar-refractivity contribution in [2.24, 2.45) is 11.3 Å². The van der Waals surface area contributed by atoms with Gasteiger partial charge < -0.3 is 10.1 Å². The van der Waals surface area contributed by atoms with Crippen molar-refractivity contribution in [3.8, 4) is 0 Å². The summed E-state index contributed by atoms with van der Waals surface area (Å²) in [5.41, 5.74) is -0.564. The van der Waals surface area contributed by atoms with Crippen LogP contribution in [-0.2, 0) is 5.66 Å². The first-order valence-electron chi connectivity index (χ1n) is 7.21. The number of nitro groups is 1. The van der Waals surface area contributed by atoms with Gasteiger partial charge in [0.1, 0.15) is 11.9 Å². The maximum atomic E-state index is 10.9. The lowest BCUT2D eigenvalue weighted by atomic mass is 9.86. The molecule has 2 atom stereocenters. The highest BCUT2D eigenvalue weighted by molar-refractivity contribution is 5.28. The van der Waals surface area contributed by atoms with E-state index in [-0.39, 0.29) is 17.2 Å². The van der Waals surface area contributed by atoms with Gasteiger partial charge in [-0.3, -0.25) is 9.88 Å². The summed E-state index contributed by atoms with van der Waals surface area (Å²) in [7, 11) is 0. The highest BCUT2D eigenvalue weighted by Gasteiger charge is 2.38. The molecule has 22 heavy (non-hydrogen) atoms. The number of imidazole rings is 1. The Kier molecular flexibility index (Phi) is 4.32. The van der Waals surface area contributed by atoms with Gasteiger partial charge in [-0.1, -0.05) is 45.1 Å². The number of hydrogen-bond acceptors (Lipinski definition) is 4. The Morgan fingerprint density at radius 3 is 2.82 bits per heavy atom. The molecule has 6 heteroatoms. The number of aromatic nitrogens is 2. The van der Waals surface area contributed by atoms with Crippen LogP contribution in [0.15, 0.2) is 49.5 Å².